The van der Waals surface area contributed by atoms with Crippen LogP contribution in [0.15, 0.2) is 6.20 Å². The molecule has 1 aromatic rings. The van der Waals surface area contributed by atoms with Crippen LogP contribution in [0.25, 0.3) is 0 Å². The first kappa shape index (κ1) is 13.1. The van der Waals surface area contributed by atoms with E-state index in [2.05, 4.69) is 12.0 Å². The van der Waals surface area contributed by atoms with E-state index in [9.17, 15) is 4.79 Å². The summed E-state index contributed by atoms with van der Waals surface area (Å²) in [6.45, 7) is 4.88. The lowest BCUT2D eigenvalue weighted by atomic mass is 9.90. The summed E-state index contributed by atoms with van der Waals surface area (Å²) in [5, 5.41) is 4.27. The number of nitrogens with two attached hydrogens (primary N) is 1. The number of hydrogen-bond donors (Lipinski definition) is 1. The third-order valence-electron chi connectivity index (χ3n) is 3.81. The molecule has 5 nitrogen and oxygen atoms in total. The summed E-state index contributed by atoms with van der Waals surface area (Å²) in [6.07, 6.45) is 4.13. The summed E-state index contributed by atoms with van der Waals surface area (Å²) < 4.78 is 1.84. The van der Waals surface area contributed by atoms with Gasteiger partial charge in [-0.05, 0) is 19.8 Å². The third kappa shape index (κ3) is 2.14. The van der Waals surface area contributed by atoms with Crippen LogP contribution in [0.3, 0.4) is 0 Å². The first-order chi connectivity index (χ1) is 8.56. The Morgan fingerprint density at radius 1 is 1.56 bits per heavy atom. The van der Waals surface area contributed by atoms with Crippen LogP contribution in [0.4, 0.5) is 0 Å². The number of amides is 1. The van der Waals surface area contributed by atoms with E-state index in [1.807, 2.05) is 29.7 Å². The van der Waals surface area contributed by atoms with Crippen molar-refractivity contribution in [3.05, 3.63) is 17.5 Å². The van der Waals surface area contributed by atoms with Crippen LogP contribution >= 0.6 is 0 Å². The van der Waals surface area contributed by atoms with Gasteiger partial charge in [0.15, 0.2) is 0 Å². The molecule has 0 radical (unpaired) electrons. The Labute approximate surface area is 108 Å². The average Bonchev–Trinajstić information content (AvgIpc) is 2.66. The fourth-order valence-electron chi connectivity index (χ4n) is 2.69. The smallest absolute Gasteiger partial charge is 0.223 e. The number of piperidine rings is 1. The zero-order chi connectivity index (χ0) is 13.3. The molecule has 5 heteroatoms. The molecule has 2 rings (SSSR count). The molecule has 1 aromatic heterocycles. The van der Waals surface area contributed by atoms with Gasteiger partial charge in [-0.25, -0.2) is 0 Å². The minimum absolute atomic E-state index is 0.0112. The van der Waals surface area contributed by atoms with Gasteiger partial charge in [0.05, 0.1) is 12.2 Å². The van der Waals surface area contributed by atoms with Crippen molar-refractivity contribution >= 4 is 5.91 Å². The van der Waals surface area contributed by atoms with E-state index in [-0.39, 0.29) is 18.0 Å². The molecule has 1 aliphatic rings. The molecular weight excluding hydrogens is 228 g/mol. The number of nitrogens with zero attached hydrogens (tertiary/aromatic N) is 3. The molecular formula is C13H22N4O. The van der Waals surface area contributed by atoms with Gasteiger partial charge in [0, 0.05) is 37.3 Å². The minimum Gasteiger partial charge on any atom is -0.334 e. The van der Waals surface area contributed by atoms with Crippen LogP contribution in [-0.4, -0.2) is 33.2 Å². The predicted octanol–water partition coefficient (Wildman–Crippen LogP) is 1.13. The predicted molar refractivity (Wildman–Crippen MR) is 69.9 cm³/mol. The lowest BCUT2D eigenvalue weighted by Crippen LogP contribution is -2.49. The summed E-state index contributed by atoms with van der Waals surface area (Å²) in [6, 6.07) is -0.00273. The van der Waals surface area contributed by atoms with E-state index in [0.717, 1.165) is 30.6 Å². The van der Waals surface area contributed by atoms with Gasteiger partial charge < -0.3 is 10.6 Å². The molecule has 1 fully saturated rings. The van der Waals surface area contributed by atoms with Gasteiger partial charge in [0.2, 0.25) is 5.91 Å². The van der Waals surface area contributed by atoms with Crippen molar-refractivity contribution in [1.29, 1.82) is 0 Å². The average molecular weight is 250 g/mol. The Hall–Kier alpha value is -1.36. The maximum Gasteiger partial charge on any atom is 0.223 e. The maximum absolute atomic E-state index is 12.1. The Balaban J connectivity index is 2.36. The largest absolute Gasteiger partial charge is 0.334 e. The highest BCUT2D eigenvalue weighted by molar-refractivity contribution is 5.78. The Kier molecular flexibility index (Phi) is 3.71. The van der Waals surface area contributed by atoms with Gasteiger partial charge in [-0.1, -0.05) is 6.92 Å². The second-order valence-corrected chi connectivity index (χ2v) is 5.04. The second-order valence-electron chi connectivity index (χ2n) is 5.04. The lowest BCUT2D eigenvalue weighted by molar-refractivity contribution is -0.137. The van der Waals surface area contributed by atoms with E-state index in [4.69, 9.17) is 5.73 Å². The Morgan fingerprint density at radius 2 is 2.28 bits per heavy atom. The summed E-state index contributed by atoms with van der Waals surface area (Å²) >= 11 is 0. The highest BCUT2D eigenvalue weighted by Crippen LogP contribution is 2.32. The summed E-state index contributed by atoms with van der Waals surface area (Å²) in [5.74, 6) is 0.215. The van der Waals surface area contributed by atoms with Gasteiger partial charge in [0.1, 0.15) is 0 Å². The number of aryl methyl sites for hydroxylation is 1. The molecule has 0 spiro atoms. The number of likely N-dealkylation sites (tertiary alicyclic amines) is 1. The zero-order valence-corrected chi connectivity index (χ0v) is 11.4. The third-order valence-corrected chi connectivity index (χ3v) is 3.81. The van der Waals surface area contributed by atoms with Gasteiger partial charge in [-0.3, -0.25) is 9.48 Å². The van der Waals surface area contributed by atoms with Gasteiger partial charge in [-0.2, -0.15) is 5.10 Å². The quantitative estimate of drug-likeness (QED) is 0.874. The molecule has 2 unspecified atom stereocenters. The van der Waals surface area contributed by atoms with Crippen molar-refractivity contribution in [2.75, 3.05) is 6.54 Å². The molecule has 1 amide bonds. The van der Waals surface area contributed by atoms with Crippen molar-refractivity contribution in [1.82, 2.24) is 14.7 Å². The molecule has 0 bridgehead atoms. The highest BCUT2D eigenvalue weighted by Gasteiger charge is 2.35. The minimum atomic E-state index is -0.0140. The number of carbonyl (C=O) groups excluding carboxylic acids is 1. The first-order valence-corrected chi connectivity index (χ1v) is 6.59. The SMILES string of the molecule is CCCN1C(=O)CCC(N)C1c1cnn(C)c1C. The van der Waals surface area contributed by atoms with Crippen LogP contribution in [-0.2, 0) is 11.8 Å². The van der Waals surface area contributed by atoms with Crippen molar-refractivity contribution in [3.8, 4) is 0 Å². The number of rotatable bonds is 3. The molecule has 2 heterocycles. The maximum atomic E-state index is 12.1. The summed E-state index contributed by atoms with van der Waals surface area (Å²) in [4.78, 5) is 14.0. The normalized spacial score (nSPS) is 24.7. The number of aromatic nitrogens is 2. The molecule has 1 aliphatic heterocycles. The highest BCUT2D eigenvalue weighted by atomic mass is 16.2. The van der Waals surface area contributed by atoms with Crippen LogP contribution in [0.2, 0.25) is 0 Å². The summed E-state index contributed by atoms with van der Waals surface area (Å²) in [5.41, 5.74) is 8.42. The standard InChI is InChI=1S/C13H22N4O/c1-4-7-17-12(18)6-5-11(14)13(17)10-8-15-16(3)9(10)2/h8,11,13H,4-7,14H2,1-3H3. The van der Waals surface area contributed by atoms with Crippen LogP contribution in [0.5, 0.6) is 0 Å². The van der Waals surface area contributed by atoms with E-state index in [1.165, 1.54) is 0 Å². The lowest BCUT2D eigenvalue weighted by Gasteiger charge is -2.39. The fraction of sp³-hybridized carbons (Fsp3) is 0.692. The van der Waals surface area contributed by atoms with Crippen LogP contribution in [0, 0.1) is 6.92 Å². The molecule has 2 N–H and O–H groups in total. The van der Waals surface area contributed by atoms with E-state index >= 15 is 0 Å². The molecule has 2 atom stereocenters. The van der Waals surface area contributed by atoms with E-state index in [0.29, 0.717) is 6.42 Å². The monoisotopic (exact) mass is 250 g/mol. The molecule has 1 saturated heterocycles. The van der Waals surface area contributed by atoms with Gasteiger partial charge in [-0.15, -0.1) is 0 Å². The summed E-state index contributed by atoms with van der Waals surface area (Å²) in [7, 11) is 1.92. The number of carbonyl (C=O) groups is 1. The molecule has 0 aliphatic carbocycles. The van der Waals surface area contributed by atoms with Crippen molar-refractivity contribution in [2.24, 2.45) is 12.8 Å². The molecule has 0 saturated carbocycles. The second kappa shape index (κ2) is 5.10. The molecule has 18 heavy (non-hydrogen) atoms. The van der Waals surface area contributed by atoms with Crippen molar-refractivity contribution in [3.63, 3.8) is 0 Å². The van der Waals surface area contributed by atoms with Crippen LogP contribution < -0.4 is 5.73 Å². The zero-order valence-electron chi connectivity index (χ0n) is 11.4. The molecule has 0 aromatic carbocycles. The Bertz CT molecular complexity index is 440. The van der Waals surface area contributed by atoms with Crippen molar-refractivity contribution < 1.29 is 4.79 Å². The fourth-order valence-corrected chi connectivity index (χ4v) is 2.69. The van der Waals surface area contributed by atoms with Crippen LogP contribution in [0.1, 0.15) is 43.5 Å². The van der Waals surface area contributed by atoms with Gasteiger partial charge in [0.25, 0.3) is 0 Å². The van der Waals surface area contributed by atoms with Gasteiger partial charge >= 0.3 is 0 Å². The topological polar surface area (TPSA) is 64.2 Å². The van der Waals surface area contributed by atoms with Crippen molar-refractivity contribution in [2.45, 2.75) is 45.2 Å². The van der Waals surface area contributed by atoms with E-state index in [1.54, 1.807) is 0 Å². The number of hydrogen-bond acceptors (Lipinski definition) is 3. The first-order valence-electron chi connectivity index (χ1n) is 6.59. The molecule has 100 valence electrons. The van der Waals surface area contributed by atoms with E-state index < -0.39 is 0 Å². The Morgan fingerprint density at radius 3 is 2.83 bits per heavy atom.